The Morgan fingerprint density at radius 2 is 1.81 bits per heavy atom. The SMILES string of the molecule is COc1cc(/C=C2/SC(=O)N(CC3CCCCC3)C2=O)cc(Br)c1OCc1ccc2ccccc2c1. The standard InChI is InChI=1S/C29H28BrNO4S/c1-34-25-15-21(16-26-28(32)31(29(33)36-26)17-19-7-3-2-4-8-19)14-24(30)27(25)35-18-20-11-12-22-9-5-6-10-23(22)13-20/h5-6,9-16,19H,2-4,7-8,17-18H2,1H3/b26-16+. The molecule has 3 aromatic carbocycles. The van der Waals surface area contributed by atoms with Gasteiger partial charge in [-0.2, -0.15) is 0 Å². The Morgan fingerprint density at radius 1 is 1.03 bits per heavy atom. The summed E-state index contributed by atoms with van der Waals surface area (Å²) in [6.07, 6.45) is 7.54. The summed E-state index contributed by atoms with van der Waals surface area (Å²) in [5, 5.41) is 2.17. The number of rotatable bonds is 7. The molecule has 1 aliphatic carbocycles. The number of fused-ring (bicyclic) bond motifs is 1. The van der Waals surface area contributed by atoms with E-state index in [1.807, 2.05) is 24.3 Å². The molecule has 2 amide bonds. The number of halogens is 1. The predicted molar refractivity (Wildman–Crippen MR) is 148 cm³/mol. The monoisotopic (exact) mass is 565 g/mol. The molecule has 0 unspecified atom stereocenters. The summed E-state index contributed by atoms with van der Waals surface area (Å²) in [4.78, 5) is 27.4. The van der Waals surface area contributed by atoms with E-state index in [9.17, 15) is 9.59 Å². The summed E-state index contributed by atoms with van der Waals surface area (Å²) < 4.78 is 12.5. The number of benzene rings is 3. The molecule has 5 rings (SSSR count). The summed E-state index contributed by atoms with van der Waals surface area (Å²) >= 11 is 4.61. The zero-order valence-electron chi connectivity index (χ0n) is 20.2. The van der Waals surface area contributed by atoms with Crippen LogP contribution in [-0.4, -0.2) is 29.7 Å². The van der Waals surface area contributed by atoms with E-state index in [0.717, 1.165) is 45.6 Å². The molecular weight excluding hydrogens is 538 g/mol. The maximum absolute atomic E-state index is 13.0. The second kappa shape index (κ2) is 11.1. The van der Waals surface area contributed by atoms with Crippen LogP contribution in [0.1, 0.15) is 43.2 Å². The van der Waals surface area contributed by atoms with Gasteiger partial charge in [0, 0.05) is 6.54 Å². The summed E-state index contributed by atoms with van der Waals surface area (Å²) in [5.41, 5.74) is 1.82. The minimum Gasteiger partial charge on any atom is -0.493 e. The number of carbonyl (C=O) groups is 2. The van der Waals surface area contributed by atoms with Gasteiger partial charge in [-0.05, 0) is 92.6 Å². The number of hydrogen-bond acceptors (Lipinski definition) is 5. The van der Waals surface area contributed by atoms with E-state index in [1.165, 1.54) is 29.5 Å². The van der Waals surface area contributed by atoms with Gasteiger partial charge in [-0.3, -0.25) is 14.5 Å². The van der Waals surface area contributed by atoms with Crippen molar-refractivity contribution in [3.63, 3.8) is 0 Å². The molecule has 0 spiro atoms. The topological polar surface area (TPSA) is 55.8 Å². The number of methoxy groups -OCH3 is 1. The Bertz CT molecular complexity index is 1330. The highest BCUT2D eigenvalue weighted by molar-refractivity contribution is 9.10. The van der Waals surface area contributed by atoms with E-state index in [-0.39, 0.29) is 11.1 Å². The highest BCUT2D eigenvalue weighted by Crippen LogP contribution is 2.40. The van der Waals surface area contributed by atoms with E-state index in [4.69, 9.17) is 9.47 Å². The molecule has 2 aliphatic rings. The Kier molecular flexibility index (Phi) is 7.67. The molecule has 36 heavy (non-hydrogen) atoms. The van der Waals surface area contributed by atoms with Crippen LogP contribution < -0.4 is 9.47 Å². The van der Waals surface area contributed by atoms with Crippen molar-refractivity contribution in [2.75, 3.05) is 13.7 Å². The first kappa shape index (κ1) is 24.9. The molecule has 186 valence electrons. The minimum atomic E-state index is -0.206. The third kappa shape index (κ3) is 5.47. The Hall–Kier alpha value is -2.77. The smallest absolute Gasteiger partial charge is 0.293 e. The fourth-order valence-corrected chi connectivity index (χ4v) is 6.31. The van der Waals surface area contributed by atoms with Crippen molar-refractivity contribution >= 4 is 55.7 Å². The van der Waals surface area contributed by atoms with E-state index in [1.54, 1.807) is 13.2 Å². The maximum Gasteiger partial charge on any atom is 0.293 e. The Morgan fingerprint density at radius 3 is 2.58 bits per heavy atom. The lowest BCUT2D eigenvalue weighted by Crippen LogP contribution is -2.34. The van der Waals surface area contributed by atoms with Gasteiger partial charge in [0.1, 0.15) is 6.61 Å². The van der Waals surface area contributed by atoms with Gasteiger partial charge in [-0.25, -0.2) is 0 Å². The molecule has 0 N–H and O–H groups in total. The molecule has 0 atom stereocenters. The largest absolute Gasteiger partial charge is 0.493 e. The first-order valence-corrected chi connectivity index (χ1v) is 13.9. The number of imide groups is 1. The third-order valence-electron chi connectivity index (χ3n) is 6.79. The zero-order chi connectivity index (χ0) is 25.1. The average Bonchev–Trinajstić information content (AvgIpc) is 3.15. The maximum atomic E-state index is 13.0. The van der Waals surface area contributed by atoms with Crippen LogP contribution >= 0.6 is 27.7 Å². The fourth-order valence-electron chi connectivity index (χ4n) is 4.88. The van der Waals surface area contributed by atoms with E-state index in [0.29, 0.717) is 35.5 Å². The van der Waals surface area contributed by atoms with Gasteiger partial charge >= 0.3 is 0 Å². The van der Waals surface area contributed by atoms with Crippen molar-refractivity contribution in [2.45, 2.75) is 38.7 Å². The van der Waals surface area contributed by atoms with Gasteiger partial charge in [0.25, 0.3) is 11.1 Å². The number of amides is 2. The van der Waals surface area contributed by atoms with Crippen LogP contribution in [0.15, 0.2) is 64.0 Å². The van der Waals surface area contributed by atoms with E-state index >= 15 is 0 Å². The molecule has 1 heterocycles. The van der Waals surface area contributed by atoms with Crippen molar-refractivity contribution in [1.82, 2.24) is 4.90 Å². The second-order valence-corrected chi connectivity index (χ2v) is 11.1. The number of thioether (sulfide) groups is 1. The number of ether oxygens (including phenoxy) is 2. The number of carbonyl (C=O) groups excluding carboxylic acids is 2. The molecule has 1 saturated carbocycles. The van der Waals surface area contributed by atoms with Crippen LogP contribution in [-0.2, 0) is 11.4 Å². The molecule has 3 aromatic rings. The highest BCUT2D eigenvalue weighted by atomic mass is 79.9. The van der Waals surface area contributed by atoms with Gasteiger partial charge in [-0.15, -0.1) is 0 Å². The lowest BCUT2D eigenvalue weighted by molar-refractivity contribution is -0.123. The molecule has 0 aromatic heterocycles. The van der Waals surface area contributed by atoms with Gasteiger partial charge in [0.15, 0.2) is 11.5 Å². The first-order valence-electron chi connectivity index (χ1n) is 12.2. The highest BCUT2D eigenvalue weighted by Gasteiger charge is 2.36. The van der Waals surface area contributed by atoms with Gasteiger partial charge in [0.2, 0.25) is 0 Å². The van der Waals surface area contributed by atoms with Gasteiger partial charge < -0.3 is 9.47 Å². The van der Waals surface area contributed by atoms with Crippen molar-refractivity contribution in [3.8, 4) is 11.5 Å². The minimum absolute atomic E-state index is 0.182. The summed E-state index contributed by atoms with van der Waals surface area (Å²) in [6, 6.07) is 18.2. The second-order valence-electron chi connectivity index (χ2n) is 9.30. The number of hydrogen-bond donors (Lipinski definition) is 0. The van der Waals surface area contributed by atoms with Crippen LogP contribution in [0, 0.1) is 5.92 Å². The summed E-state index contributed by atoms with van der Waals surface area (Å²) in [6.45, 7) is 0.912. The predicted octanol–water partition coefficient (Wildman–Crippen LogP) is 7.81. The van der Waals surface area contributed by atoms with Crippen LogP contribution in [0.5, 0.6) is 11.5 Å². The fraction of sp³-hybridized carbons (Fsp3) is 0.310. The molecule has 5 nitrogen and oxygen atoms in total. The van der Waals surface area contributed by atoms with Crippen molar-refractivity contribution < 1.29 is 19.1 Å². The molecule has 1 saturated heterocycles. The van der Waals surface area contributed by atoms with E-state index in [2.05, 4.69) is 46.3 Å². The van der Waals surface area contributed by atoms with E-state index < -0.39 is 0 Å². The van der Waals surface area contributed by atoms with Gasteiger partial charge in [0.05, 0.1) is 16.5 Å². The Labute approximate surface area is 224 Å². The lowest BCUT2D eigenvalue weighted by atomic mass is 9.89. The summed E-state index contributed by atoms with van der Waals surface area (Å²) in [7, 11) is 1.59. The normalized spacial score (nSPS) is 17.8. The lowest BCUT2D eigenvalue weighted by Gasteiger charge is -2.25. The quantitative estimate of drug-likeness (QED) is 0.273. The molecule has 1 aliphatic heterocycles. The first-order chi connectivity index (χ1) is 17.5. The number of nitrogens with zero attached hydrogens (tertiary/aromatic N) is 1. The van der Waals surface area contributed by atoms with Crippen LogP contribution in [0.25, 0.3) is 16.8 Å². The van der Waals surface area contributed by atoms with Gasteiger partial charge in [-0.1, -0.05) is 55.7 Å². The van der Waals surface area contributed by atoms with Crippen molar-refractivity contribution in [2.24, 2.45) is 5.92 Å². The average molecular weight is 567 g/mol. The van der Waals surface area contributed by atoms with Crippen LogP contribution in [0.3, 0.4) is 0 Å². The van der Waals surface area contributed by atoms with Crippen LogP contribution in [0.2, 0.25) is 0 Å². The molecule has 7 heteroatoms. The van der Waals surface area contributed by atoms with Crippen LogP contribution in [0.4, 0.5) is 4.79 Å². The molecule has 2 fully saturated rings. The summed E-state index contributed by atoms with van der Waals surface area (Å²) in [5.74, 6) is 1.35. The third-order valence-corrected chi connectivity index (χ3v) is 8.28. The van der Waals surface area contributed by atoms with Crippen molar-refractivity contribution in [1.29, 1.82) is 0 Å². The van der Waals surface area contributed by atoms with Crippen molar-refractivity contribution in [3.05, 3.63) is 75.1 Å². The zero-order valence-corrected chi connectivity index (χ0v) is 22.6. The molecule has 0 radical (unpaired) electrons. The Balaban J connectivity index is 1.31. The molecular formula is C29H28BrNO4S. The molecule has 0 bridgehead atoms.